The number of oxime groups is 1. The SMILES string of the molecule is COC(=O)/C=C(/O/N=C(\N)C(CCC(C)(C)COC1CCCCO1)N(C)C(=O)OC(C)(C)C)C(=O)OC. The number of hydrogen-bond acceptors (Lipinski definition) is 10. The summed E-state index contributed by atoms with van der Waals surface area (Å²) in [6, 6.07) is -0.753. The van der Waals surface area contributed by atoms with Crippen LogP contribution in [0.15, 0.2) is 17.0 Å². The van der Waals surface area contributed by atoms with Gasteiger partial charge in [0.05, 0.1) is 32.9 Å². The van der Waals surface area contributed by atoms with E-state index in [-0.39, 0.29) is 17.5 Å². The number of nitrogens with zero attached hydrogens (tertiary/aromatic N) is 2. The van der Waals surface area contributed by atoms with E-state index >= 15 is 0 Å². The first-order valence-corrected chi connectivity index (χ1v) is 12.3. The molecule has 0 saturated carbocycles. The highest BCUT2D eigenvalue weighted by Crippen LogP contribution is 2.27. The summed E-state index contributed by atoms with van der Waals surface area (Å²) in [4.78, 5) is 42.8. The third kappa shape index (κ3) is 12.3. The van der Waals surface area contributed by atoms with E-state index in [0.717, 1.165) is 39.6 Å². The van der Waals surface area contributed by atoms with Crippen LogP contribution in [0.3, 0.4) is 0 Å². The highest BCUT2D eigenvalue weighted by atomic mass is 16.7. The van der Waals surface area contributed by atoms with Crippen molar-refractivity contribution in [1.29, 1.82) is 0 Å². The highest BCUT2D eigenvalue weighted by Gasteiger charge is 2.31. The van der Waals surface area contributed by atoms with Gasteiger partial charge in [0, 0.05) is 13.7 Å². The lowest BCUT2D eigenvalue weighted by Gasteiger charge is -2.33. The van der Waals surface area contributed by atoms with Crippen LogP contribution in [0.1, 0.15) is 66.7 Å². The molecule has 2 atom stereocenters. The summed E-state index contributed by atoms with van der Waals surface area (Å²) in [7, 11) is 3.79. The molecule has 37 heavy (non-hydrogen) atoms. The number of likely N-dealkylation sites (N-methyl/N-ethyl adjacent to an activating group) is 1. The Morgan fingerprint density at radius 2 is 1.81 bits per heavy atom. The number of carbonyl (C=O) groups is 3. The van der Waals surface area contributed by atoms with Crippen molar-refractivity contribution in [1.82, 2.24) is 4.90 Å². The molecule has 0 radical (unpaired) electrons. The second-order valence-electron chi connectivity index (χ2n) is 10.5. The minimum Gasteiger partial charge on any atom is -0.466 e. The third-order valence-electron chi connectivity index (χ3n) is 5.47. The van der Waals surface area contributed by atoms with Crippen LogP contribution in [0, 0.1) is 5.41 Å². The topological polar surface area (TPSA) is 148 Å². The number of amides is 1. The molecular weight excluding hydrogens is 486 g/mol. The third-order valence-corrected chi connectivity index (χ3v) is 5.47. The fourth-order valence-electron chi connectivity index (χ4n) is 3.31. The Morgan fingerprint density at radius 1 is 1.14 bits per heavy atom. The average Bonchev–Trinajstić information content (AvgIpc) is 2.84. The number of hydrogen-bond donors (Lipinski definition) is 1. The maximum absolute atomic E-state index is 12.8. The summed E-state index contributed by atoms with van der Waals surface area (Å²) in [5.41, 5.74) is 5.21. The van der Waals surface area contributed by atoms with E-state index in [9.17, 15) is 14.4 Å². The Hall–Kier alpha value is -2.86. The molecule has 12 nitrogen and oxygen atoms in total. The fraction of sp³-hybridized carbons (Fsp3) is 0.760. The Kier molecular flexibility index (Phi) is 12.8. The second-order valence-corrected chi connectivity index (χ2v) is 10.5. The monoisotopic (exact) mass is 529 g/mol. The van der Waals surface area contributed by atoms with Crippen LogP contribution in [0.4, 0.5) is 4.79 Å². The number of rotatable bonds is 12. The van der Waals surface area contributed by atoms with Gasteiger partial charge in [-0.3, -0.25) is 0 Å². The minimum absolute atomic E-state index is 0.111. The zero-order valence-corrected chi connectivity index (χ0v) is 23.3. The van der Waals surface area contributed by atoms with Crippen molar-refractivity contribution in [2.75, 3.05) is 34.5 Å². The predicted octanol–water partition coefficient (Wildman–Crippen LogP) is 3.09. The van der Waals surface area contributed by atoms with Crippen LogP contribution in [0.2, 0.25) is 0 Å². The molecule has 0 aliphatic carbocycles. The summed E-state index contributed by atoms with van der Waals surface area (Å²) in [5, 5.41) is 3.82. The molecule has 1 heterocycles. The maximum atomic E-state index is 12.8. The lowest BCUT2D eigenvalue weighted by Crippen LogP contribution is -2.48. The van der Waals surface area contributed by atoms with Gasteiger partial charge in [-0.1, -0.05) is 19.0 Å². The lowest BCUT2D eigenvalue weighted by atomic mass is 9.86. The molecule has 0 bridgehead atoms. The van der Waals surface area contributed by atoms with Gasteiger partial charge in [-0.15, -0.1) is 0 Å². The summed E-state index contributed by atoms with van der Waals surface area (Å²) in [5.74, 6) is -2.44. The summed E-state index contributed by atoms with van der Waals surface area (Å²) in [6.07, 6.45) is 3.89. The van der Waals surface area contributed by atoms with E-state index in [1.165, 1.54) is 11.9 Å². The summed E-state index contributed by atoms with van der Waals surface area (Å²) >= 11 is 0. The largest absolute Gasteiger partial charge is 0.466 e. The van der Waals surface area contributed by atoms with E-state index in [1.54, 1.807) is 20.8 Å². The molecule has 0 aromatic rings. The van der Waals surface area contributed by atoms with E-state index in [1.807, 2.05) is 13.8 Å². The lowest BCUT2D eigenvalue weighted by molar-refractivity contribution is -0.176. The van der Waals surface area contributed by atoms with Crippen molar-refractivity contribution in [3.05, 3.63) is 11.8 Å². The van der Waals surface area contributed by atoms with E-state index < -0.39 is 35.4 Å². The maximum Gasteiger partial charge on any atom is 0.410 e. The molecule has 12 heteroatoms. The van der Waals surface area contributed by atoms with Gasteiger partial charge in [0.15, 0.2) is 12.1 Å². The number of nitrogens with two attached hydrogens (primary N) is 1. The molecule has 2 N–H and O–H groups in total. The number of ether oxygens (including phenoxy) is 5. The first-order valence-electron chi connectivity index (χ1n) is 12.3. The molecule has 0 aromatic heterocycles. The molecule has 2 unspecified atom stereocenters. The van der Waals surface area contributed by atoms with Crippen LogP contribution < -0.4 is 5.73 Å². The standard InChI is InChI=1S/C25H43N3O9/c1-24(2,3)36-23(31)28(6)17(12-13-25(4,5)16-35-20-11-9-10-14-34-20)21(26)27-37-18(22(30)33-8)15-19(29)32-7/h15,17,20H,9-14,16H2,1-8H3,(H2,26,27)/b18-15+. The average molecular weight is 530 g/mol. The number of methoxy groups -OCH3 is 2. The van der Waals surface area contributed by atoms with Gasteiger partial charge in [-0.05, 0) is 58.3 Å². The van der Waals surface area contributed by atoms with E-state index in [0.29, 0.717) is 26.1 Å². The summed E-state index contributed by atoms with van der Waals surface area (Å²) < 4.78 is 26.2. The van der Waals surface area contributed by atoms with Crippen molar-refractivity contribution >= 4 is 23.9 Å². The zero-order chi connectivity index (χ0) is 28.2. The predicted molar refractivity (Wildman–Crippen MR) is 135 cm³/mol. The van der Waals surface area contributed by atoms with Crippen molar-refractivity contribution in [3.63, 3.8) is 0 Å². The van der Waals surface area contributed by atoms with E-state index in [4.69, 9.17) is 24.8 Å². The van der Waals surface area contributed by atoms with Crippen molar-refractivity contribution in [3.8, 4) is 0 Å². The van der Waals surface area contributed by atoms with E-state index in [2.05, 4.69) is 14.6 Å². The van der Waals surface area contributed by atoms with Gasteiger partial charge in [0.2, 0.25) is 5.76 Å². The molecule has 1 fully saturated rings. The Morgan fingerprint density at radius 3 is 2.35 bits per heavy atom. The first kappa shape index (κ1) is 32.2. The van der Waals surface area contributed by atoms with Crippen LogP contribution >= 0.6 is 0 Å². The van der Waals surface area contributed by atoms with Gasteiger partial charge in [-0.25, -0.2) is 14.4 Å². The number of esters is 2. The molecular formula is C25H43N3O9. The Labute approximate surface area is 219 Å². The van der Waals surface area contributed by atoms with Crippen molar-refractivity contribution in [2.45, 2.75) is 84.7 Å². The van der Waals surface area contributed by atoms with Crippen LogP contribution in [0.25, 0.3) is 0 Å². The van der Waals surface area contributed by atoms with Gasteiger partial charge >= 0.3 is 18.0 Å². The van der Waals surface area contributed by atoms with Crippen LogP contribution in [0.5, 0.6) is 0 Å². The molecule has 1 aliphatic heterocycles. The second kappa shape index (κ2) is 14.8. The molecule has 212 valence electrons. The number of amidine groups is 1. The van der Waals surface area contributed by atoms with Gasteiger partial charge in [-0.2, -0.15) is 0 Å². The van der Waals surface area contributed by atoms with Crippen LogP contribution in [-0.4, -0.2) is 81.2 Å². The van der Waals surface area contributed by atoms with Crippen molar-refractivity contribution in [2.24, 2.45) is 16.3 Å². The molecule has 1 saturated heterocycles. The summed E-state index contributed by atoms with van der Waals surface area (Å²) in [6.45, 7) is 10.5. The molecule has 1 rings (SSSR count). The molecule has 1 aliphatic rings. The molecule has 0 aromatic carbocycles. The molecule has 1 amide bonds. The van der Waals surface area contributed by atoms with Crippen molar-refractivity contribution < 1.29 is 42.9 Å². The van der Waals surface area contributed by atoms with Gasteiger partial charge in [0.25, 0.3) is 0 Å². The zero-order valence-electron chi connectivity index (χ0n) is 23.3. The van der Waals surface area contributed by atoms with Crippen LogP contribution in [-0.2, 0) is 38.1 Å². The smallest absolute Gasteiger partial charge is 0.410 e. The molecule has 0 spiro atoms. The normalized spacial score (nSPS) is 18.0. The van der Waals surface area contributed by atoms with Gasteiger partial charge < -0.3 is 39.2 Å². The van der Waals surface area contributed by atoms with Gasteiger partial charge in [0.1, 0.15) is 5.60 Å². The quantitative estimate of drug-likeness (QED) is 0.0760. The fourth-order valence-corrected chi connectivity index (χ4v) is 3.31. The Balaban J connectivity index is 3.05. The Bertz CT molecular complexity index is 828. The number of carbonyl (C=O) groups excluding carboxylic acids is 3. The highest BCUT2D eigenvalue weighted by molar-refractivity contribution is 5.95. The minimum atomic E-state index is -0.956. The first-order chi connectivity index (χ1) is 17.2.